The van der Waals surface area contributed by atoms with Gasteiger partial charge in [-0.25, -0.2) is 14.4 Å². The number of rotatable bonds is 6. The molecule has 2 aromatic carbocycles. The molecule has 0 unspecified atom stereocenters. The van der Waals surface area contributed by atoms with Gasteiger partial charge >= 0.3 is 18.0 Å². The van der Waals surface area contributed by atoms with Gasteiger partial charge in [-0.1, -0.05) is 17.9 Å². The number of methoxy groups -OCH3 is 3. The van der Waals surface area contributed by atoms with Crippen molar-refractivity contribution in [3.05, 3.63) is 64.7 Å². The number of aromatic carboxylic acids is 1. The van der Waals surface area contributed by atoms with E-state index in [-0.39, 0.29) is 24.6 Å². The third kappa shape index (κ3) is 5.52. The van der Waals surface area contributed by atoms with Crippen molar-refractivity contribution >= 4 is 23.9 Å². The molecule has 0 saturated heterocycles. The summed E-state index contributed by atoms with van der Waals surface area (Å²) in [7, 11) is 3.76. The number of fused-ring (bicyclic) bond motifs is 1. The number of nitrogens with one attached hydrogen (secondary N) is 1. The molecule has 0 aliphatic carbocycles. The monoisotopic (exact) mass is 480 g/mol. The molecule has 0 saturated carbocycles. The van der Waals surface area contributed by atoms with Crippen LogP contribution >= 0.6 is 0 Å². The number of alkyl carbamates (subject to hydrolysis) is 1. The number of hydrogen-bond donors (Lipinski definition) is 2. The van der Waals surface area contributed by atoms with E-state index in [1.165, 1.54) is 36.3 Å². The molecule has 10 heteroatoms. The molecule has 1 heterocycles. The standard InChI is InChI=1S/C25H24N2O8/c1-33-19-9-8-17-11-13-27(21(28)20(17)14-19)15-25(23(31)34-2,26-24(32)35-3)12-10-16-4-6-18(7-5-16)22(29)30/h4-9,14H,11,13,15H2,1-3H3,(H,26,32)(H,29,30)/t25-/m1/s1. The van der Waals surface area contributed by atoms with E-state index in [1.54, 1.807) is 12.1 Å². The Bertz CT molecular complexity index is 1210. The van der Waals surface area contributed by atoms with Crippen molar-refractivity contribution < 1.29 is 38.5 Å². The number of esters is 1. The lowest BCUT2D eigenvalue weighted by atomic mass is 9.94. The Kier molecular flexibility index (Phi) is 7.61. The first-order chi connectivity index (χ1) is 16.7. The summed E-state index contributed by atoms with van der Waals surface area (Å²) in [4.78, 5) is 50.9. The highest BCUT2D eigenvalue weighted by Gasteiger charge is 2.44. The van der Waals surface area contributed by atoms with E-state index >= 15 is 0 Å². The second kappa shape index (κ2) is 10.6. The van der Waals surface area contributed by atoms with E-state index in [1.807, 2.05) is 6.07 Å². The molecule has 182 valence electrons. The fourth-order valence-corrected chi connectivity index (χ4v) is 3.62. The van der Waals surface area contributed by atoms with Gasteiger partial charge in [0.1, 0.15) is 5.75 Å². The molecule has 10 nitrogen and oxygen atoms in total. The van der Waals surface area contributed by atoms with Crippen LogP contribution in [0, 0.1) is 11.8 Å². The lowest BCUT2D eigenvalue weighted by Gasteiger charge is -2.35. The first-order valence-electron chi connectivity index (χ1n) is 10.5. The quantitative estimate of drug-likeness (QED) is 0.472. The Morgan fingerprint density at radius 2 is 1.80 bits per heavy atom. The molecular formula is C25H24N2O8. The summed E-state index contributed by atoms with van der Waals surface area (Å²) in [5, 5.41) is 11.5. The molecule has 0 aromatic heterocycles. The highest BCUT2D eigenvalue weighted by molar-refractivity contribution is 5.98. The lowest BCUT2D eigenvalue weighted by molar-refractivity contribution is -0.146. The van der Waals surface area contributed by atoms with Crippen LogP contribution in [0.15, 0.2) is 42.5 Å². The SMILES string of the molecule is COC(=O)N[C@](C#Cc1ccc(C(=O)O)cc1)(CN1CCc2ccc(OC)cc2C1=O)C(=O)OC. The minimum atomic E-state index is -1.96. The first-order valence-corrected chi connectivity index (χ1v) is 10.5. The van der Waals surface area contributed by atoms with Gasteiger partial charge in [0.05, 0.1) is 33.4 Å². The van der Waals surface area contributed by atoms with Gasteiger partial charge in [-0.2, -0.15) is 0 Å². The number of carboxylic acid groups (broad SMARTS) is 1. The third-order valence-corrected chi connectivity index (χ3v) is 5.50. The number of carbonyl (C=O) groups is 4. The Labute approximate surface area is 201 Å². The maximum atomic E-state index is 13.3. The fraction of sp³-hybridized carbons (Fsp3) is 0.280. The summed E-state index contributed by atoms with van der Waals surface area (Å²) in [6.07, 6.45) is -0.428. The first kappa shape index (κ1) is 25.1. The van der Waals surface area contributed by atoms with E-state index in [4.69, 9.17) is 14.6 Å². The zero-order valence-electron chi connectivity index (χ0n) is 19.4. The van der Waals surface area contributed by atoms with Crippen molar-refractivity contribution in [3.63, 3.8) is 0 Å². The topological polar surface area (TPSA) is 131 Å². The van der Waals surface area contributed by atoms with Crippen LogP contribution in [0.1, 0.15) is 31.8 Å². The van der Waals surface area contributed by atoms with Gasteiger partial charge in [-0.05, 0) is 48.4 Å². The predicted octanol–water partition coefficient (Wildman–Crippen LogP) is 1.71. The average Bonchev–Trinajstić information content (AvgIpc) is 2.88. The van der Waals surface area contributed by atoms with Gasteiger partial charge in [0.25, 0.3) is 5.91 Å². The molecule has 3 rings (SSSR count). The lowest BCUT2D eigenvalue weighted by Crippen LogP contribution is -2.62. The van der Waals surface area contributed by atoms with Gasteiger partial charge in [0.15, 0.2) is 0 Å². The Balaban J connectivity index is 2.01. The molecule has 0 radical (unpaired) electrons. The Morgan fingerprint density at radius 3 is 2.40 bits per heavy atom. The van der Waals surface area contributed by atoms with Crippen LogP contribution in [0.3, 0.4) is 0 Å². The minimum Gasteiger partial charge on any atom is -0.497 e. The molecule has 0 spiro atoms. The average molecular weight is 480 g/mol. The molecule has 2 aromatic rings. The smallest absolute Gasteiger partial charge is 0.408 e. The normalized spacial score (nSPS) is 13.9. The third-order valence-electron chi connectivity index (χ3n) is 5.50. The Morgan fingerprint density at radius 1 is 1.09 bits per heavy atom. The number of carboxylic acids is 1. The number of ether oxygens (including phenoxy) is 3. The molecule has 1 aliphatic heterocycles. The van der Waals surface area contributed by atoms with Gasteiger partial charge in [0, 0.05) is 17.7 Å². The van der Waals surface area contributed by atoms with Crippen molar-refractivity contribution in [1.82, 2.24) is 10.2 Å². The van der Waals surface area contributed by atoms with Crippen molar-refractivity contribution in [3.8, 4) is 17.6 Å². The summed E-state index contributed by atoms with van der Waals surface area (Å²) >= 11 is 0. The zero-order valence-corrected chi connectivity index (χ0v) is 19.4. The molecule has 1 atom stereocenters. The molecule has 1 aliphatic rings. The predicted molar refractivity (Wildman–Crippen MR) is 123 cm³/mol. The fourth-order valence-electron chi connectivity index (χ4n) is 3.62. The Hall–Kier alpha value is -4.52. The van der Waals surface area contributed by atoms with E-state index in [0.717, 1.165) is 19.8 Å². The van der Waals surface area contributed by atoms with Gasteiger partial charge < -0.3 is 24.2 Å². The van der Waals surface area contributed by atoms with Crippen molar-refractivity contribution in [2.24, 2.45) is 0 Å². The summed E-state index contributed by atoms with van der Waals surface area (Å²) in [5.74, 6) is 3.64. The van der Waals surface area contributed by atoms with Gasteiger partial charge in [-0.15, -0.1) is 0 Å². The van der Waals surface area contributed by atoms with Crippen LogP contribution < -0.4 is 10.1 Å². The number of hydrogen-bond acceptors (Lipinski definition) is 7. The number of nitrogens with zero attached hydrogens (tertiary/aromatic N) is 1. The van der Waals surface area contributed by atoms with Gasteiger partial charge in [0.2, 0.25) is 5.54 Å². The molecule has 2 amide bonds. The summed E-state index contributed by atoms with van der Waals surface area (Å²) in [6, 6.07) is 10.8. The maximum Gasteiger partial charge on any atom is 0.408 e. The number of carbonyl (C=O) groups excluding carboxylic acids is 3. The van der Waals surface area contributed by atoms with E-state index in [9.17, 15) is 19.2 Å². The van der Waals surface area contributed by atoms with E-state index in [2.05, 4.69) is 21.9 Å². The van der Waals surface area contributed by atoms with Crippen LogP contribution in [0.2, 0.25) is 0 Å². The van der Waals surface area contributed by atoms with Crippen LogP contribution in [-0.2, 0) is 20.7 Å². The number of amides is 2. The molecule has 0 bridgehead atoms. The zero-order chi connectivity index (χ0) is 25.6. The highest BCUT2D eigenvalue weighted by atomic mass is 16.5. The minimum absolute atomic E-state index is 0.0653. The van der Waals surface area contributed by atoms with Crippen molar-refractivity contribution in [2.45, 2.75) is 12.0 Å². The second-order valence-electron chi connectivity index (χ2n) is 7.65. The molecule has 0 fully saturated rings. The number of benzene rings is 2. The summed E-state index contributed by atoms with van der Waals surface area (Å²) < 4.78 is 14.8. The van der Waals surface area contributed by atoms with Gasteiger partial charge in [-0.3, -0.25) is 10.1 Å². The molecular weight excluding hydrogens is 456 g/mol. The molecule has 35 heavy (non-hydrogen) atoms. The largest absolute Gasteiger partial charge is 0.497 e. The van der Waals surface area contributed by atoms with Crippen molar-refractivity contribution in [1.29, 1.82) is 0 Å². The summed E-state index contributed by atoms with van der Waals surface area (Å²) in [6.45, 7) is -0.0424. The van der Waals surface area contributed by atoms with E-state index < -0.39 is 23.6 Å². The van der Waals surface area contributed by atoms with E-state index in [0.29, 0.717) is 23.3 Å². The van der Waals surface area contributed by atoms with Crippen LogP contribution in [0.4, 0.5) is 4.79 Å². The summed E-state index contributed by atoms with van der Waals surface area (Å²) in [5.41, 5.74) is -0.254. The highest BCUT2D eigenvalue weighted by Crippen LogP contribution is 2.25. The van der Waals surface area contributed by atoms with Crippen LogP contribution in [0.5, 0.6) is 5.75 Å². The van der Waals surface area contributed by atoms with Crippen molar-refractivity contribution in [2.75, 3.05) is 34.4 Å². The van der Waals surface area contributed by atoms with Crippen LogP contribution in [-0.4, -0.2) is 73.9 Å². The maximum absolute atomic E-state index is 13.3. The molecule has 2 N–H and O–H groups in total. The second-order valence-corrected chi connectivity index (χ2v) is 7.65. The van der Waals surface area contributed by atoms with Crippen LogP contribution in [0.25, 0.3) is 0 Å².